The van der Waals surface area contributed by atoms with Crippen molar-refractivity contribution in [2.24, 2.45) is 0 Å². The lowest BCUT2D eigenvalue weighted by Gasteiger charge is -2.26. The summed E-state index contributed by atoms with van der Waals surface area (Å²) in [4.78, 5) is 9.93. The third-order valence-electron chi connectivity index (χ3n) is 5.02. The second-order valence-corrected chi connectivity index (χ2v) is 6.65. The van der Waals surface area contributed by atoms with Crippen LogP contribution in [0.3, 0.4) is 0 Å². The minimum atomic E-state index is 0.607. The Morgan fingerprint density at radius 2 is 2.00 bits per heavy atom. The second-order valence-electron chi connectivity index (χ2n) is 6.65. The first-order chi connectivity index (χ1) is 10.3. The van der Waals surface area contributed by atoms with Gasteiger partial charge in [0, 0.05) is 25.3 Å². The predicted molar refractivity (Wildman–Crippen MR) is 88.9 cm³/mol. The van der Waals surface area contributed by atoms with E-state index < -0.39 is 0 Å². The number of hydrogen-bond acceptors (Lipinski definition) is 3. The predicted octanol–water partition coefficient (Wildman–Crippen LogP) is 3.93. The fourth-order valence-corrected chi connectivity index (χ4v) is 3.86. The van der Waals surface area contributed by atoms with Crippen LogP contribution in [0, 0.1) is 6.92 Å². The lowest BCUT2D eigenvalue weighted by Crippen LogP contribution is -2.25. The maximum absolute atomic E-state index is 4.82. The molecule has 0 N–H and O–H groups in total. The molecule has 3 heteroatoms. The van der Waals surface area contributed by atoms with Crippen molar-refractivity contribution >= 4 is 5.82 Å². The highest BCUT2D eigenvalue weighted by molar-refractivity contribution is 5.48. The summed E-state index contributed by atoms with van der Waals surface area (Å²) in [6, 6.07) is 3.01. The van der Waals surface area contributed by atoms with E-state index >= 15 is 0 Å². The van der Waals surface area contributed by atoms with E-state index in [0.29, 0.717) is 6.04 Å². The Labute approximate surface area is 129 Å². The van der Waals surface area contributed by atoms with Crippen molar-refractivity contribution in [3.63, 3.8) is 0 Å². The highest BCUT2D eigenvalue weighted by Crippen LogP contribution is 2.33. The SMILES string of the molecule is CCCCN1CCC[C@@H]1c1cnc(N2CCCC2)c(C)c1. The van der Waals surface area contributed by atoms with Crippen LogP contribution in [0.4, 0.5) is 5.82 Å². The van der Waals surface area contributed by atoms with Crippen LogP contribution in [0.1, 0.15) is 62.6 Å². The van der Waals surface area contributed by atoms with E-state index in [1.54, 1.807) is 0 Å². The summed E-state index contributed by atoms with van der Waals surface area (Å²) in [5, 5.41) is 0. The first kappa shape index (κ1) is 14.8. The number of pyridine rings is 1. The molecule has 1 atom stereocenters. The Bertz CT molecular complexity index is 466. The average Bonchev–Trinajstić information content (AvgIpc) is 3.16. The van der Waals surface area contributed by atoms with Gasteiger partial charge in [0.1, 0.15) is 5.82 Å². The van der Waals surface area contributed by atoms with Crippen LogP contribution in [-0.2, 0) is 0 Å². The normalized spacial score (nSPS) is 23.1. The number of aromatic nitrogens is 1. The van der Waals surface area contributed by atoms with Crippen LogP contribution in [0.15, 0.2) is 12.3 Å². The first-order valence-electron chi connectivity index (χ1n) is 8.75. The van der Waals surface area contributed by atoms with E-state index in [1.807, 2.05) is 0 Å². The van der Waals surface area contributed by atoms with Crippen molar-refractivity contribution in [3.8, 4) is 0 Å². The maximum atomic E-state index is 4.82. The fourth-order valence-electron chi connectivity index (χ4n) is 3.86. The van der Waals surface area contributed by atoms with Gasteiger partial charge in [-0.05, 0) is 69.3 Å². The van der Waals surface area contributed by atoms with Crippen LogP contribution in [0.2, 0.25) is 0 Å². The molecule has 0 saturated carbocycles. The molecule has 2 fully saturated rings. The zero-order valence-electron chi connectivity index (χ0n) is 13.6. The van der Waals surface area contributed by atoms with Crippen molar-refractivity contribution in [2.45, 2.75) is 58.4 Å². The molecule has 116 valence electrons. The molecule has 0 bridgehead atoms. The molecule has 2 saturated heterocycles. The van der Waals surface area contributed by atoms with Crippen LogP contribution in [-0.4, -0.2) is 36.1 Å². The van der Waals surface area contributed by atoms with Gasteiger partial charge in [-0.3, -0.25) is 4.90 Å². The van der Waals surface area contributed by atoms with E-state index in [4.69, 9.17) is 4.98 Å². The Balaban J connectivity index is 1.74. The molecule has 0 spiro atoms. The lowest BCUT2D eigenvalue weighted by molar-refractivity contribution is 0.253. The number of anilines is 1. The standard InChI is InChI=1S/C18H29N3/c1-3-4-9-20-12-7-8-17(20)16-13-15(2)18(19-14-16)21-10-5-6-11-21/h13-14,17H,3-12H2,1-2H3/t17-/m1/s1. The van der Waals surface area contributed by atoms with Gasteiger partial charge in [0.25, 0.3) is 0 Å². The molecular weight excluding hydrogens is 258 g/mol. The maximum Gasteiger partial charge on any atom is 0.131 e. The Hall–Kier alpha value is -1.09. The summed E-state index contributed by atoms with van der Waals surface area (Å²) >= 11 is 0. The third kappa shape index (κ3) is 3.23. The van der Waals surface area contributed by atoms with E-state index in [-0.39, 0.29) is 0 Å². The third-order valence-corrected chi connectivity index (χ3v) is 5.02. The number of unbranched alkanes of at least 4 members (excludes halogenated alkanes) is 1. The van der Waals surface area contributed by atoms with Gasteiger partial charge in [0.05, 0.1) is 0 Å². The Kier molecular flexibility index (Phi) is 4.79. The summed E-state index contributed by atoms with van der Waals surface area (Å²) in [6.45, 7) is 9.38. The molecule has 2 aliphatic rings. The summed E-state index contributed by atoms with van der Waals surface area (Å²) in [5.74, 6) is 1.22. The van der Waals surface area contributed by atoms with Crippen LogP contribution in [0.5, 0.6) is 0 Å². The summed E-state index contributed by atoms with van der Waals surface area (Å²) < 4.78 is 0. The Morgan fingerprint density at radius 3 is 2.71 bits per heavy atom. The molecule has 0 unspecified atom stereocenters. The molecule has 0 amide bonds. The van der Waals surface area contributed by atoms with Gasteiger partial charge in [0.15, 0.2) is 0 Å². The largest absolute Gasteiger partial charge is 0.356 e. The molecule has 0 aliphatic carbocycles. The molecular formula is C18H29N3. The lowest BCUT2D eigenvalue weighted by atomic mass is 10.0. The summed E-state index contributed by atoms with van der Waals surface area (Å²) in [5.41, 5.74) is 2.79. The number of aryl methyl sites for hydroxylation is 1. The van der Waals surface area contributed by atoms with E-state index in [9.17, 15) is 0 Å². The van der Waals surface area contributed by atoms with Crippen molar-refractivity contribution < 1.29 is 0 Å². The highest BCUT2D eigenvalue weighted by Gasteiger charge is 2.26. The number of rotatable bonds is 5. The first-order valence-corrected chi connectivity index (χ1v) is 8.75. The molecule has 3 heterocycles. The molecule has 1 aromatic heterocycles. The van der Waals surface area contributed by atoms with E-state index in [1.165, 1.54) is 81.6 Å². The monoisotopic (exact) mass is 287 g/mol. The van der Waals surface area contributed by atoms with E-state index in [2.05, 4.69) is 35.9 Å². The zero-order valence-corrected chi connectivity index (χ0v) is 13.6. The van der Waals surface area contributed by atoms with Gasteiger partial charge in [-0.1, -0.05) is 13.3 Å². The van der Waals surface area contributed by atoms with Crippen molar-refractivity contribution in [2.75, 3.05) is 31.1 Å². The second kappa shape index (κ2) is 6.78. The van der Waals surface area contributed by atoms with Crippen molar-refractivity contribution in [1.29, 1.82) is 0 Å². The molecule has 3 nitrogen and oxygen atoms in total. The summed E-state index contributed by atoms with van der Waals surface area (Å²) in [7, 11) is 0. The minimum absolute atomic E-state index is 0.607. The molecule has 1 aromatic rings. The fraction of sp³-hybridized carbons (Fsp3) is 0.722. The molecule has 21 heavy (non-hydrogen) atoms. The Morgan fingerprint density at radius 1 is 1.19 bits per heavy atom. The molecule has 2 aliphatic heterocycles. The van der Waals surface area contributed by atoms with Gasteiger partial charge in [0.2, 0.25) is 0 Å². The smallest absolute Gasteiger partial charge is 0.131 e. The number of likely N-dealkylation sites (tertiary alicyclic amines) is 1. The minimum Gasteiger partial charge on any atom is -0.356 e. The average molecular weight is 287 g/mol. The van der Waals surface area contributed by atoms with Gasteiger partial charge in [-0.15, -0.1) is 0 Å². The van der Waals surface area contributed by atoms with Crippen LogP contribution in [0.25, 0.3) is 0 Å². The van der Waals surface area contributed by atoms with Gasteiger partial charge in [-0.2, -0.15) is 0 Å². The summed E-state index contributed by atoms with van der Waals surface area (Å²) in [6.07, 6.45) is 10.0. The van der Waals surface area contributed by atoms with Crippen molar-refractivity contribution in [3.05, 3.63) is 23.4 Å². The number of hydrogen-bond donors (Lipinski definition) is 0. The van der Waals surface area contributed by atoms with Crippen LogP contribution < -0.4 is 4.90 Å². The van der Waals surface area contributed by atoms with Crippen molar-refractivity contribution in [1.82, 2.24) is 9.88 Å². The van der Waals surface area contributed by atoms with Gasteiger partial charge >= 0.3 is 0 Å². The topological polar surface area (TPSA) is 19.4 Å². The highest BCUT2D eigenvalue weighted by atomic mass is 15.2. The number of nitrogens with zero attached hydrogens (tertiary/aromatic N) is 3. The molecule has 0 aromatic carbocycles. The van der Waals surface area contributed by atoms with Gasteiger partial charge in [-0.25, -0.2) is 4.98 Å². The zero-order chi connectivity index (χ0) is 14.7. The van der Waals surface area contributed by atoms with Gasteiger partial charge < -0.3 is 4.90 Å². The molecule has 3 rings (SSSR count). The van der Waals surface area contributed by atoms with Crippen LogP contribution >= 0.6 is 0 Å². The quantitative estimate of drug-likeness (QED) is 0.818. The molecule has 0 radical (unpaired) electrons. The van der Waals surface area contributed by atoms with E-state index in [0.717, 1.165) is 0 Å².